The number of carbonyl (C=O) groups is 3. The normalized spacial score (nSPS) is 10.0. The van der Waals surface area contributed by atoms with Crippen LogP contribution in [-0.2, 0) is 19.1 Å². The number of halogens is 3. The number of carbonyl (C=O) groups excluding carboxylic acids is 2. The van der Waals surface area contributed by atoms with Gasteiger partial charge in [-0.25, -0.2) is 4.79 Å². The maximum Gasteiger partial charge on any atom is 0.490 e. The van der Waals surface area contributed by atoms with Crippen molar-refractivity contribution < 1.29 is 37.4 Å². The Morgan fingerprint density at radius 1 is 1.32 bits per heavy atom. The minimum atomic E-state index is -5.08. The van der Waals surface area contributed by atoms with E-state index in [9.17, 15) is 22.8 Å². The number of aliphatic carboxylic acids is 1. The Hall–Kier alpha value is -1.84. The van der Waals surface area contributed by atoms with Crippen LogP contribution in [0.1, 0.15) is 0 Å². The van der Waals surface area contributed by atoms with Crippen molar-refractivity contribution in [3.05, 3.63) is 0 Å². The molecule has 0 bridgehead atoms. The highest BCUT2D eigenvalue weighted by molar-refractivity contribution is 5.82. The smallest absolute Gasteiger partial charge is 0.475 e. The second-order valence-electron chi connectivity index (χ2n) is 3.16. The molecule has 0 saturated carbocycles. The monoisotopic (exact) mass is 288 g/mol. The molecule has 0 aliphatic rings. The molecular weight excluding hydrogens is 273 g/mol. The van der Waals surface area contributed by atoms with E-state index in [2.05, 4.69) is 10.1 Å². The number of carboxylic acid groups (broad SMARTS) is 1. The molecule has 0 unspecified atom stereocenters. The van der Waals surface area contributed by atoms with Gasteiger partial charge in [0.25, 0.3) is 0 Å². The van der Waals surface area contributed by atoms with Gasteiger partial charge >= 0.3 is 18.1 Å². The summed E-state index contributed by atoms with van der Waals surface area (Å²) in [7, 11) is 4.51. The van der Waals surface area contributed by atoms with Gasteiger partial charge in [0.15, 0.2) is 0 Å². The minimum absolute atomic E-state index is 0.00296. The van der Waals surface area contributed by atoms with E-state index in [0.29, 0.717) is 0 Å². The first-order valence-electron chi connectivity index (χ1n) is 4.81. The van der Waals surface area contributed by atoms with Gasteiger partial charge in [0.1, 0.15) is 6.54 Å². The molecule has 10 heteroatoms. The zero-order valence-electron chi connectivity index (χ0n) is 10.6. The number of likely N-dealkylation sites (N-methyl/N-ethyl adjacent to an activating group) is 2. The average Bonchev–Trinajstić information content (AvgIpc) is 2.28. The van der Waals surface area contributed by atoms with E-state index in [1.807, 2.05) is 0 Å². The number of hydrogen-bond acceptors (Lipinski definition) is 5. The molecule has 0 radical (unpaired) electrons. The molecule has 0 aliphatic heterocycles. The fraction of sp³-hybridized carbons (Fsp3) is 0.667. The van der Waals surface area contributed by atoms with E-state index in [4.69, 9.17) is 9.90 Å². The molecule has 0 saturated heterocycles. The van der Waals surface area contributed by atoms with E-state index >= 15 is 0 Å². The Morgan fingerprint density at radius 2 is 1.74 bits per heavy atom. The molecule has 19 heavy (non-hydrogen) atoms. The number of hydrogen-bond donors (Lipinski definition) is 2. The molecule has 1 amide bonds. The number of alkyl halides is 3. The SMILES string of the molecule is CNCC(=O)N(C)CC(=O)OC.O=C(O)C(F)(F)F. The van der Waals surface area contributed by atoms with Crippen LogP contribution in [0.25, 0.3) is 0 Å². The van der Waals surface area contributed by atoms with Crippen molar-refractivity contribution >= 4 is 17.8 Å². The summed E-state index contributed by atoms with van der Waals surface area (Å²) in [5.41, 5.74) is 0. The van der Waals surface area contributed by atoms with E-state index in [1.165, 1.54) is 12.0 Å². The Balaban J connectivity index is 0. The third-order valence-electron chi connectivity index (χ3n) is 1.59. The summed E-state index contributed by atoms with van der Waals surface area (Å²) in [6.45, 7) is 0.227. The first-order chi connectivity index (χ1) is 8.56. The maximum absolute atomic E-state index is 11.1. The number of rotatable bonds is 4. The number of methoxy groups -OCH3 is 1. The predicted octanol–water partition coefficient (Wildman–Crippen LogP) is -0.530. The molecule has 0 aliphatic carbocycles. The van der Waals surface area contributed by atoms with Crippen LogP contribution >= 0.6 is 0 Å². The van der Waals surface area contributed by atoms with Crippen molar-refractivity contribution in [2.75, 3.05) is 34.3 Å². The molecule has 0 aromatic carbocycles. The first kappa shape index (κ1) is 19.5. The molecule has 0 fully saturated rings. The number of esters is 1. The number of ether oxygens (including phenoxy) is 1. The zero-order chi connectivity index (χ0) is 15.6. The van der Waals surface area contributed by atoms with Crippen molar-refractivity contribution in [3.63, 3.8) is 0 Å². The fourth-order valence-electron chi connectivity index (χ4n) is 0.633. The van der Waals surface area contributed by atoms with Gasteiger partial charge in [-0.05, 0) is 7.05 Å². The lowest BCUT2D eigenvalue weighted by Gasteiger charge is -2.14. The molecule has 0 rings (SSSR count). The summed E-state index contributed by atoms with van der Waals surface area (Å²) >= 11 is 0. The van der Waals surface area contributed by atoms with Crippen LogP contribution < -0.4 is 5.32 Å². The lowest BCUT2D eigenvalue weighted by molar-refractivity contribution is -0.192. The van der Waals surface area contributed by atoms with E-state index in [1.54, 1.807) is 14.1 Å². The molecule has 7 nitrogen and oxygen atoms in total. The van der Waals surface area contributed by atoms with Crippen molar-refractivity contribution in [3.8, 4) is 0 Å². The molecule has 0 aromatic heterocycles. The third-order valence-corrected chi connectivity index (χ3v) is 1.59. The molecular formula is C9H15F3N2O5. The van der Waals surface area contributed by atoms with Crippen LogP contribution in [0, 0.1) is 0 Å². The minimum Gasteiger partial charge on any atom is -0.475 e. The van der Waals surface area contributed by atoms with E-state index in [-0.39, 0.29) is 19.0 Å². The highest BCUT2D eigenvalue weighted by Crippen LogP contribution is 2.13. The van der Waals surface area contributed by atoms with Crippen LogP contribution in [0.3, 0.4) is 0 Å². The average molecular weight is 288 g/mol. The van der Waals surface area contributed by atoms with Crippen LogP contribution in [0.4, 0.5) is 13.2 Å². The fourth-order valence-corrected chi connectivity index (χ4v) is 0.633. The van der Waals surface area contributed by atoms with Gasteiger partial charge in [-0.15, -0.1) is 0 Å². The Labute approximate surface area is 107 Å². The molecule has 2 N–H and O–H groups in total. The molecule has 0 aromatic rings. The Kier molecular flexibility index (Phi) is 9.38. The molecule has 112 valence electrons. The summed E-state index contributed by atoms with van der Waals surface area (Å²) in [4.78, 5) is 31.9. The summed E-state index contributed by atoms with van der Waals surface area (Å²) < 4.78 is 36.1. The first-order valence-corrected chi connectivity index (χ1v) is 4.81. The van der Waals surface area contributed by atoms with Crippen molar-refractivity contribution in [2.24, 2.45) is 0 Å². The summed E-state index contributed by atoms with van der Waals surface area (Å²) in [5, 5.41) is 9.82. The van der Waals surface area contributed by atoms with Gasteiger partial charge in [-0.3, -0.25) is 9.59 Å². The van der Waals surface area contributed by atoms with Gasteiger partial charge in [0, 0.05) is 7.05 Å². The maximum atomic E-state index is 11.1. The molecule has 0 spiro atoms. The van der Waals surface area contributed by atoms with Gasteiger partial charge in [-0.2, -0.15) is 13.2 Å². The van der Waals surface area contributed by atoms with E-state index in [0.717, 1.165) is 0 Å². The largest absolute Gasteiger partial charge is 0.490 e. The lowest BCUT2D eigenvalue weighted by atomic mass is 10.5. The topological polar surface area (TPSA) is 95.9 Å². The standard InChI is InChI=1S/C7H14N2O3.C2HF3O2/c1-8-4-6(10)9(2)5-7(11)12-3;3-2(4,5)1(6)7/h8H,4-5H2,1-3H3;(H,6,7). The van der Waals surface area contributed by atoms with E-state index < -0.39 is 18.1 Å². The zero-order valence-corrected chi connectivity index (χ0v) is 10.6. The van der Waals surface area contributed by atoms with Crippen molar-refractivity contribution in [2.45, 2.75) is 6.18 Å². The second kappa shape index (κ2) is 9.14. The Bertz CT molecular complexity index is 319. The van der Waals surface area contributed by atoms with Crippen molar-refractivity contribution in [1.82, 2.24) is 10.2 Å². The number of amides is 1. The summed E-state index contributed by atoms with van der Waals surface area (Å²) in [6.07, 6.45) is -5.08. The van der Waals surface area contributed by atoms with Crippen LogP contribution in [0.2, 0.25) is 0 Å². The van der Waals surface area contributed by atoms with Crippen molar-refractivity contribution in [1.29, 1.82) is 0 Å². The number of carboxylic acids is 1. The molecule has 0 heterocycles. The summed E-state index contributed by atoms with van der Waals surface area (Å²) in [5.74, 6) is -3.31. The second-order valence-corrected chi connectivity index (χ2v) is 3.16. The van der Waals surface area contributed by atoms with Gasteiger partial charge < -0.3 is 20.1 Å². The van der Waals surface area contributed by atoms with Gasteiger partial charge in [-0.1, -0.05) is 0 Å². The Morgan fingerprint density at radius 3 is 2.00 bits per heavy atom. The quantitative estimate of drug-likeness (QED) is 0.675. The summed E-state index contributed by atoms with van der Waals surface area (Å²) in [6, 6.07) is 0. The van der Waals surface area contributed by atoms with Gasteiger partial charge in [0.2, 0.25) is 5.91 Å². The van der Waals surface area contributed by atoms with Crippen LogP contribution in [0.15, 0.2) is 0 Å². The third kappa shape index (κ3) is 11.0. The van der Waals surface area contributed by atoms with Crippen LogP contribution in [-0.4, -0.2) is 68.3 Å². The van der Waals surface area contributed by atoms with Gasteiger partial charge in [0.05, 0.1) is 13.7 Å². The lowest BCUT2D eigenvalue weighted by Crippen LogP contribution is -2.37. The predicted molar refractivity (Wildman–Crippen MR) is 57.3 cm³/mol. The number of nitrogens with one attached hydrogen (secondary N) is 1. The highest BCUT2D eigenvalue weighted by atomic mass is 19.4. The van der Waals surface area contributed by atoms with Crippen LogP contribution in [0.5, 0.6) is 0 Å². The molecule has 0 atom stereocenters. The number of nitrogens with zero attached hydrogens (tertiary/aromatic N) is 1. The highest BCUT2D eigenvalue weighted by Gasteiger charge is 2.38.